The first kappa shape index (κ1) is 15.4. The van der Waals surface area contributed by atoms with Crippen LogP contribution < -0.4 is 4.90 Å². The van der Waals surface area contributed by atoms with Gasteiger partial charge in [0.2, 0.25) is 0 Å². The van der Waals surface area contributed by atoms with E-state index in [4.69, 9.17) is 11.6 Å². The summed E-state index contributed by atoms with van der Waals surface area (Å²) in [7, 11) is 1.71. The summed E-state index contributed by atoms with van der Waals surface area (Å²) in [6, 6.07) is 7.71. The minimum absolute atomic E-state index is 0.137. The van der Waals surface area contributed by atoms with Crippen molar-refractivity contribution in [2.45, 2.75) is 26.7 Å². The minimum Gasteiger partial charge on any atom is -0.310 e. The van der Waals surface area contributed by atoms with Gasteiger partial charge in [-0.1, -0.05) is 37.6 Å². The Bertz CT molecular complexity index is 670. The molecule has 1 amide bonds. The number of rotatable bonds is 3. The lowest BCUT2D eigenvalue weighted by Gasteiger charge is -2.18. The highest BCUT2D eigenvalue weighted by Gasteiger charge is 2.20. The largest absolute Gasteiger partial charge is 0.310 e. The highest BCUT2D eigenvalue weighted by molar-refractivity contribution is 6.34. The van der Waals surface area contributed by atoms with Gasteiger partial charge in [-0.15, -0.1) is 0 Å². The van der Waals surface area contributed by atoms with Crippen LogP contribution in [0.2, 0.25) is 5.02 Å². The highest BCUT2D eigenvalue weighted by Crippen LogP contribution is 2.21. The maximum Gasteiger partial charge on any atom is 0.278 e. The van der Waals surface area contributed by atoms with Crippen LogP contribution in [0.4, 0.5) is 5.69 Å². The number of amides is 1. The van der Waals surface area contributed by atoms with E-state index in [-0.39, 0.29) is 22.5 Å². The first-order chi connectivity index (χ1) is 9.90. The van der Waals surface area contributed by atoms with Gasteiger partial charge in [-0.25, -0.2) is 9.97 Å². The van der Waals surface area contributed by atoms with Crippen molar-refractivity contribution in [2.75, 3.05) is 11.9 Å². The molecule has 0 fully saturated rings. The molecule has 4 nitrogen and oxygen atoms in total. The molecule has 1 aromatic carbocycles. The van der Waals surface area contributed by atoms with E-state index in [0.29, 0.717) is 5.82 Å². The van der Waals surface area contributed by atoms with Crippen molar-refractivity contribution in [2.24, 2.45) is 0 Å². The van der Waals surface area contributed by atoms with E-state index < -0.39 is 0 Å². The van der Waals surface area contributed by atoms with Crippen LogP contribution in [-0.4, -0.2) is 22.9 Å². The number of halogens is 1. The fraction of sp³-hybridized carbons (Fsp3) is 0.312. The molecular weight excluding hydrogens is 286 g/mol. The van der Waals surface area contributed by atoms with Crippen LogP contribution in [0.5, 0.6) is 0 Å². The van der Waals surface area contributed by atoms with Gasteiger partial charge >= 0.3 is 0 Å². The number of aryl methyl sites for hydroxylation is 1. The number of hydrogen-bond acceptors (Lipinski definition) is 3. The molecule has 0 aliphatic carbocycles. The van der Waals surface area contributed by atoms with Gasteiger partial charge in [-0.3, -0.25) is 4.79 Å². The zero-order valence-electron chi connectivity index (χ0n) is 12.6. The first-order valence-electron chi connectivity index (χ1n) is 6.77. The van der Waals surface area contributed by atoms with Crippen LogP contribution >= 0.6 is 11.6 Å². The lowest BCUT2D eigenvalue weighted by Crippen LogP contribution is -2.28. The molecule has 110 valence electrons. The summed E-state index contributed by atoms with van der Waals surface area (Å²) in [4.78, 5) is 22.6. The molecule has 0 atom stereocenters. The van der Waals surface area contributed by atoms with E-state index in [0.717, 1.165) is 11.3 Å². The maximum absolute atomic E-state index is 12.6. The van der Waals surface area contributed by atoms with Gasteiger partial charge in [-0.2, -0.15) is 0 Å². The van der Waals surface area contributed by atoms with Crippen LogP contribution in [0.1, 0.15) is 41.6 Å². The van der Waals surface area contributed by atoms with Crippen molar-refractivity contribution in [3.05, 3.63) is 52.6 Å². The molecule has 0 bridgehead atoms. The van der Waals surface area contributed by atoms with Crippen LogP contribution in [0, 0.1) is 6.92 Å². The summed E-state index contributed by atoms with van der Waals surface area (Å²) in [6.45, 7) is 5.93. The number of carbonyl (C=O) groups is 1. The Morgan fingerprint density at radius 2 is 2.05 bits per heavy atom. The fourth-order valence-corrected chi connectivity index (χ4v) is 2.09. The Morgan fingerprint density at radius 1 is 1.33 bits per heavy atom. The van der Waals surface area contributed by atoms with Gasteiger partial charge < -0.3 is 4.90 Å². The second-order valence-corrected chi connectivity index (χ2v) is 5.69. The van der Waals surface area contributed by atoms with Crippen LogP contribution in [-0.2, 0) is 0 Å². The van der Waals surface area contributed by atoms with E-state index in [1.807, 2.05) is 45.0 Å². The lowest BCUT2D eigenvalue weighted by atomic mass is 10.2. The second kappa shape index (κ2) is 6.22. The molecule has 0 radical (unpaired) electrons. The quantitative estimate of drug-likeness (QED) is 0.865. The molecular formula is C16H18ClN3O. The molecule has 0 saturated carbocycles. The third kappa shape index (κ3) is 3.39. The van der Waals surface area contributed by atoms with E-state index >= 15 is 0 Å². The topological polar surface area (TPSA) is 46.1 Å². The van der Waals surface area contributed by atoms with Gasteiger partial charge in [-0.05, 0) is 24.6 Å². The van der Waals surface area contributed by atoms with Crippen molar-refractivity contribution in [3.63, 3.8) is 0 Å². The van der Waals surface area contributed by atoms with Crippen molar-refractivity contribution in [3.8, 4) is 0 Å². The molecule has 2 rings (SSSR count). The Hall–Kier alpha value is -1.94. The lowest BCUT2D eigenvalue weighted by molar-refractivity contribution is 0.0988. The predicted octanol–water partition coefficient (Wildman–Crippen LogP) is 3.84. The zero-order chi connectivity index (χ0) is 15.6. The average Bonchev–Trinajstić information content (AvgIpc) is 2.46. The number of benzene rings is 1. The van der Waals surface area contributed by atoms with E-state index in [2.05, 4.69) is 9.97 Å². The maximum atomic E-state index is 12.6. The van der Waals surface area contributed by atoms with Crippen molar-refractivity contribution in [1.82, 2.24) is 9.97 Å². The fourth-order valence-electron chi connectivity index (χ4n) is 1.92. The SMILES string of the molecule is Cc1cccc(N(C)C(=O)c2nc(C(C)C)ncc2Cl)c1. The summed E-state index contributed by atoms with van der Waals surface area (Å²) < 4.78 is 0. The molecule has 21 heavy (non-hydrogen) atoms. The normalized spacial score (nSPS) is 10.8. The van der Waals surface area contributed by atoms with Crippen LogP contribution in [0.15, 0.2) is 30.5 Å². The number of aromatic nitrogens is 2. The van der Waals surface area contributed by atoms with Gasteiger partial charge in [0.15, 0.2) is 5.69 Å². The van der Waals surface area contributed by atoms with Crippen molar-refractivity contribution in [1.29, 1.82) is 0 Å². The smallest absolute Gasteiger partial charge is 0.278 e. The number of carbonyl (C=O) groups excluding carboxylic acids is 1. The predicted molar refractivity (Wildman–Crippen MR) is 85.0 cm³/mol. The number of nitrogens with zero attached hydrogens (tertiary/aromatic N) is 3. The van der Waals surface area contributed by atoms with Crippen molar-refractivity contribution < 1.29 is 4.79 Å². The van der Waals surface area contributed by atoms with Gasteiger partial charge in [0.25, 0.3) is 5.91 Å². The summed E-state index contributed by atoms with van der Waals surface area (Å²) in [5.41, 5.74) is 2.13. The summed E-state index contributed by atoms with van der Waals surface area (Å²) in [6.07, 6.45) is 1.49. The summed E-state index contributed by atoms with van der Waals surface area (Å²) in [5.74, 6) is 0.508. The Kier molecular flexibility index (Phi) is 4.58. The monoisotopic (exact) mass is 303 g/mol. The Labute approximate surface area is 129 Å². The molecule has 0 aliphatic rings. The van der Waals surface area contributed by atoms with E-state index in [1.165, 1.54) is 6.20 Å². The van der Waals surface area contributed by atoms with Gasteiger partial charge in [0, 0.05) is 18.7 Å². The van der Waals surface area contributed by atoms with E-state index in [1.54, 1.807) is 11.9 Å². The Balaban J connectivity index is 2.37. The molecule has 1 heterocycles. The van der Waals surface area contributed by atoms with Gasteiger partial charge in [0.05, 0.1) is 11.2 Å². The Morgan fingerprint density at radius 3 is 2.67 bits per heavy atom. The third-order valence-corrected chi connectivity index (χ3v) is 3.45. The number of anilines is 1. The van der Waals surface area contributed by atoms with Crippen LogP contribution in [0.3, 0.4) is 0 Å². The number of hydrogen-bond donors (Lipinski definition) is 0. The van der Waals surface area contributed by atoms with Crippen molar-refractivity contribution >= 4 is 23.2 Å². The molecule has 0 aliphatic heterocycles. The van der Waals surface area contributed by atoms with Gasteiger partial charge in [0.1, 0.15) is 5.82 Å². The second-order valence-electron chi connectivity index (χ2n) is 5.28. The summed E-state index contributed by atoms with van der Waals surface area (Å²) >= 11 is 6.09. The first-order valence-corrected chi connectivity index (χ1v) is 7.15. The molecule has 0 N–H and O–H groups in total. The molecule has 0 saturated heterocycles. The summed E-state index contributed by atoms with van der Waals surface area (Å²) in [5, 5.41) is 0.268. The zero-order valence-corrected chi connectivity index (χ0v) is 13.3. The standard InChI is InChI=1S/C16H18ClN3O/c1-10(2)15-18-9-13(17)14(19-15)16(21)20(4)12-7-5-6-11(3)8-12/h5-10H,1-4H3. The molecule has 1 aromatic heterocycles. The third-order valence-electron chi connectivity index (χ3n) is 3.18. The van der Waals surface area contributed by atoms with Crippen LogP contribution in [0.25, 0.3) is 0 Å². The molecule has 2 aromatic rings. The average molecular weight is 304 g/mol. The minimum atomic E-state index is -0.241. The molecule has 5 heteroatoms. The molecule has 0 unspecified atom stereocenters. The van der Waals surface area contributed by atoms with E-state index in [9.17, 15) is 4.79 Å². The molecule has 0 spiro atoms. The highest BCUT2D eigenvalue weighted by atomic mass is 35.5.